The molecule has 0 aromatic heterocycles. The number of hydrogen-bond donors (Lipinski definition) is 1. The first-order valence-corrected chi connectivity index (χ1v) is 6.51. The van der Waals surface area contributed by atoms with Gasteiger partial charge in [0.1, 0.15) is 0 Å². The molecule has 1 fully saturated rings. The van der Waals surface area contributed by atoms with Gasteiger partial charge in [-0.3, -0.25) is 0 Å². The molecule has 1 saturated heterocycles. The van der Waals surface area contributed by atoms with Crippen molar-refractivity contribution >= 4 is 0 Å². The average Bonchev–Trinajstić information content (AvgIpc) is 2.75. The molecule has 1 unspecified atom stereocenters. The quantitative estimate of drug-likeness (QED) is 0.912. The minimum absolute atomic E-state index is 0.225. The normalized spacial score (nSPS) is 28.1. The number of halogens is 2. The summed E-state index contributed by atoms with van der Waals surface area (Å²) >= 11 is 0. The van der Waals surface area contributed by atoms with Crippen LogP contribution in [0.3, 0.4) is 0 Å². The summed E-state index contributed by atoms with van der Waals surface area (Å²) in [7, 11) is 0. The molecule has 0 amide bonds. The molecule has 1 aromatic rings. The number of ether oxygens (including phenoxy) is 1. The summed E-state index contributed by atoms with van der Waals surface area (Å²) in [4.78, 5) is 0. The van der Waals surface area contributed by atoms with Gasteiger partial charge in [-0.1, -0.05) is 29.8 Å². The summed E-state index contributed by atoms with van der Waals surface area (Å²) in [5.41, 5.74) is -1.19. The van der Waals surface area contributed by atoms with Crippen LogP contribution in [-0.2, 0) is 10.3 Å². The van der Waals surface area contributed by atoms with Crippen LogP contribution >= 0.6 is 0 Å². The molecule has 0 aliphatic carbocycles. The summed E-state index contributed by atoms with van der Waals surface area (Å²) in [5, 5.41) is 9.95. The molecule has 1 aromatic carbocycles. The van der Waals surface area contributed by atoms with Gasteiger partial charge in [0.2, 0.25) is 0 Å². The van der Waals surface area contributed by atoms with E-state index in [1.807, 2.05) is 6.92 Å². The van der Waals surface area contributed by atoms with Crippen molar-refractivity contribution in [2.24, 2.45) is 0 Å². The Bertz CT molecular complexity index is 436. The molecule has 0 bridgehead atoms. The fourth-order valence-corrected chi connectivity index (χ4v) is 2.55. The Morgan fingerprint density at radius 3 is 2.32 bits per heavy atom. The number of aryl methyl sites for hydroxylation is 1. The number of benzene rings is 1. The van der Waals surface area contributed by atoms with Crippen molar-refractivity contribution in [3.8, 4) is 0 Å². The van der Waals surface area contributed by atoms with Crippen molar-refractivity contribution in [1.82, 2.24) is 0 Å². The van der Waals surface area contributed by atoms with Crippen molar-refractivity contribution in [2.75, 3.05) is 0 Å². The summed E-state index contributed by atoms with van der Waals surface area (Å²) in [6.45, 7) is 5.09. The lowest BCUT2D eigenvalue weighted by Crippen LogP contribution is -2.41. The molecule has 106 valence electrons. The van der Waals surface area contributed by atoms with Crippen LogP contribution in [0.2, 0.25) is 0 Å². The standard InChI is InChI=1S/C15H20F2O2/c1-10-4-6-11(7-5-10)15(13(16)17)9-8-12(19-15)14(2,3)18/h4-7,12-13,18H,8-9H2,1-3H3/t12?,15-/m0/s1. The van der Waals surface area contributed by atoms with Gasteiger partial charge in [0.25, 0.3) is 6.43 Å². The molecule has 1 aliphatic heterocycles. The first-order valence-electron chi connectivity index (χ1n) is 6.51. The fraction of sp³-hybridized carbons (Fsp3) is 0.600. The van der Waals surface area contributed by atoms with Crippen molar-refractivity contribution in [2.45, 2.75) is 57.3 Å². The lowest BCUT2D eigenvalue weighted by atomic mass is 9.89. The van der Waals surface area contributed by atoms with E-state index in [1.165, 1.54) is 0 Å². The number of hydrogen-bond acceptors (Lipinski definition) is 2. The number of alkyl halides is 2. The molecule has 19 heavy (non-hydrogen) atoms. The zero-order valence-corrected chi connectivity index (χ0v) is 11.5. The van der Waals surface area contributed by atoms with Crippen LogP contribution in [0.1, 0.15) is 37.8 Å². The average molecular weight is 270 g/mol. The zero-order chi connectivity index (χ0) is 14.3. The van der Waals surface area contributed by atoms with Gasteiger partial charge in [0.15, 0.2) is 5.60 Å². The number of aliphatic hydroxyl groups is 1. The van der Waals surface area contributed by atoms with Crippen LogP contribution in [0.25, 0.3) is 0 Å². The highest BCUT2D eigenvalue weighted by molar-refractivity contribution is 5.28. The fourth-order valence-electron chi connectivity index (χ4n) is 2.55. The molecular weight excluding hydrogens is 250 g/mol. The Morgan fingerprint density at radius 2 is 1.89 bits per heavy atom. The Morgan fingerprint density at radius 1 is 1.32 bits per heavy atom. The van der Waals surface area contributed by atoms with E-state index in [1.54, 1.807) is 38.1 Å². The summed E-state index contributed by atoms with van der Waals surface area (Å²) in [6, 6.07) is 6.99. The van der Waals surface area contributed by atoms with Crippen LogP contribution in [0, 0.1) is 6.92 Å². The minimum atomic E-state index is -2.61. The van der Waals surface area contributed by atoms with E-state index >= 15 is 0 Å². The topological polar surface area (TPSA) is 29.5 Å². The predicted molar refractivity (Wildman–Crippen MR) is 69.3 cm³/mol. The van der Waals surface area contributed by atoms with Gasteiger partial charge in [-0.2, -0.15) is 0 Å². The molecule has 2 nitrogen and oxygen atoms in total. The van der Waals surface area contributed by atoms with Gasteiger partial charge >= 0.3 is 0 Å². The van der Waals surface area contributed by atoms with Crippen molar-refractivity contribution in [3.05, 3.63) is 35.4 Å². The maximum absolute atomic E-state index is 13.5. The van der Waals surface area contributed by atoms with Crippen LogP contribution in [0.5, 0.6) is 0 Å². The minimum Gasteiger partial charge on any atom is -0.388 e. The van der Waals surface area contributed by atoms with E-state index in [0.717, 1.165) is 5.56 Å². The van der Waals surface area contributed by atoms with Gasteiger partial charge in [0.05, 0.1) is 11.7 Å². The van der Waals surface area contributed by atoms with E-state index in [0.29, 0.717) is 12.0 Å². The van der Waals surface area contributed by atoms with Gasteiger partial charge in [-0.15, -0.1) is 0 Å². The van der Waals surface area contributed by atoms with Gasteiger partial charge < -0.3 is 9.84 Å². The van der Waals surface area contributed by atoms with Gasteiger partial charge in [0, 0.05) is 0 Å². The van der Waals surface area contributed by atoms with E-state index in [4.69, 9.17) is 4.74 Å². The first-order chi connectivity index (χ1) is 8.75. The molecule has 1 aliphatic rings. The van der Waals surface area contributed by atoms with Gasteiger partial charge in [-0.25, -0.2) is 8.78 Å². The molecule has 0 radical (unpaired) electrons. The highest BCUT2D eigenvalue weighted by Crippen LogP contribution is 2.46. The lowest BCUT2D eigenvalue weighted by Gasteiger charge is -2.32. The van der Waals surface area contributed by atoms with Crippen molar-refractivity contribution in [1.29, 1.82) is 0 Å². The number of rotatable bonds is 3. The molecule has 2 rings (SSSR count). The monoisotopic (exact) mass is 270 g/mol. The zero-order valence-electron chi connectivity index (χ0n) is 11.5. The Labute approximate surface area is 112 Å². The third-order valence-corrected chi connectivity index (χ3v) is 3.81. The van der Waals surface area contributed by atoms with Crippen molar-refractivity contribution < 1.29 is 18.6 Å². The SMILES string of the molecule is Cc1ccc([C@]2(C(F)F)CCC(C(C)(C)O)O2)cc1. The van der Waals surface area contributed by atoms with Crippen LogP contribution in [0.15, 0.2) is 24.3 Å². The Kier molecular flexibility index (Phi) is 3.67. The summed E-state index contributed by atoms with van der Waals surface area (Å²) in [6.07, 6.45) is -2.52. The third-order valence-electron chi connectivity index (χ3n) is 3.81. The second-order valence-electron chi connectivity index (χ2n) is 5.86. The Balaban J connectivity index is 2.33. The van der Waals surface area contributed by atoms with Crippen molar-refractivity contribution in [3.63, 3.8) is 0 Å². The summed E-state index contributed by atoms with van der Waals surface area (Å²) in [5.74, 6) is 0. The lowest BCUT2D eigenvalue weighted by molar-refractivity contribution is -0.176. The highest BCUT2D eigenvalue weighted by Gasteiger charge is 2.52. The second kappa shape index (κ2) is 4.84. The molecule has 2 atom stereocenters. The molecule has 1 heterocycles. The molecule has 4 heteroatoms. The smallest absolute Gasteiger partial charge is 0.271 e. The van der Waals surface area contributed by atoms with E-state index in [-0.39, 0.29) is 6.42 Å². The Hall–Kier alpha value is -1.00. The van der Waals surface area contributed by atoms with E-state index in [2.05, 4.69) is 0 Å². The third kappa shape index (κ3) is 2.65. The maximum atomic E-state index is 13.5. The molecule has 1 N–H and O–H groups in total. The second-order valence-corrected chi connectivity index (χ2v) is 5.86. The van der Waals surface area contributed by atoms with Crippen LogP contribution in [-0.4, -0.2) is 23.2 Å². The highest BCUT2D eigenvalue weighted by atomic mass is 19.3. The summed E-state index contributed by atoms with van der Waals surface area (Å²) < 4.78 is 32.7. The predicted octanol–water partition coefficient (Wildman–Crippen LogP) is 3.41. The first kappa shape index (κ1) is 14.4. The van der Waals surface area contributed by atoms with E-state index < -0.39 is 23.7 Å². The largest absolute Gasteiger partial charge is 0.388 e. The molecular formula is C15H20F2O2. The van der Waals surface area contributed by atoms with E-state index in [9.17, 15) is 13.9 Å². The van der Waals surface area contributed by atoms with Crippen LogP contribution < -0.4 is 0 Å². The molecule has 0 saturated carbocycles. The van der Waals surface area contributed by atoms with Gasteiger partial charge in [-0.05, 0) is 39.2 Å². The maximum Gasteiger partial charge on any atom is 0.271 e. The van der Waals surface area contributed by atoms with Crippen LogP contribution in [0.4, 0.5) is 8.78 Å². The molecule has 0 spiro atoms.